The Morgan fingerprint density at radius 2 is 1.90 bits per heavy atom. The normalized spacial score (nSPS) is 24.2. The number of hydrogen-bond donors (Lipinski definition) is 1. The predicted molar refractivity (Wildman–Crippen MR) is 80.9 cm³/mol. The topological polar surface area (TPSA) is 66.8 Å². The molecule has 1 N–H and O–H groups in total. The van der Waals surface area contributed by atoms with Gasteiger partial charge in [0.25, 0.3) is 0 Å². The maximum Gasteiger partial charge on any atom is 0.243 e. The van der Waals surface area contributed by atoms with Crippen LogP contribution in [0.3, 0.4) is 0 Å². The van der Waals surface area contributed by atoms with Gasteiger partial charge in [-0.05, 0) is 44.0 Å². The summed E-state index contributed by atoms with van der Waals surface area (Å²) in [6.45, 7) is 5.76. The van der Waals surface area contributed by atoms with Gasteiger partial charge in [0.05, 0.1) is 23.7 Å². The van der Waals surface area contributed by atoms with E-state index in [2.05, 4.69) is 0 Å². The summed E-state index contributed by atoms with van der Waals surface area (Å²) in [5, 5.41) is 9.64. The molecule has 1 saturated heterocycles. The number of morpholine rings is 1. The lowest BCUT2D eigenvalue weighted by atomic mass is 10.1. The van der Waals surface area contributed by atoms with Crippen molar-refractivity contribution in [1.82, 2.24) is 4.31 Å². The number of benzene rings is 1. The minimum absolute atomic E-state index is 0.152. The third-order valence-corrected chi connectivity index (χ3v) is 5.78. The van der Waals surface area contributed by atoms with Gasteiger partial charge in [0, 0.05) is 18.1 Å². The molecule has 1 aliphatic heterocycles. The molecular formula is C14H20ClNO4S. The van der Waals surface area contributed by atoms with Gasteiger partial charge in [-0.25, -0.2) is 8.42 Å². The first-order chi connectivity index (χ1) is 9.75. The molecule has 21 heavy (non-hydrogen) atoms. The predicted octanol–water partition coefficient (Wildman–Crippen LogP) is 1.94. The summed E-state index contributed by atoms with van der Waals surface area (Å²) in [6, 6.07) is 3.02. The van der Waals surface area contributed by atoms with E-state index < -0.39 is 10.0 Å². The number of ether oxygens (including phenoxy) is 1. The van der Waals surface area contributed by atoms with Crippen molar-refractivity contribution < 1.29 is 18.3 Å². The fourth-order valence-corrected chi connectivity index (χ4v) is 4.80. The van der Waals surface area contributed by atoms with Crippen LogP contribution < -0.4 is 0 Å². The van der Waals surface area contributed by atoms with Crippen LogP contribution in [-0.4, -0.2) is 43.1 Å². The molecule has 1 aromatic carbocycles. The van der Waals surface area contributed by atoms with E-state index in [1.54, 1.807) is 13.0 Å². The summed E-state index contributed by atoms with van der Waals surface area (Å²) in [6.07, 6.45) is -0.305. The molecule has 5 nitrogen and oxygen atoms in total. The molecule has 0 saturated carbocycles. The van der Waals surface area contributed by atoms with Gasteiger partial charge < -0.3 is 9.84 Å². The van der Waals surface area contributed by atoms with Crippen LogP contribution in [0.1, 0.15) is 25.0 Å². The summed E-state index contributed by atoms with van der Waals surface area (Å²) < 4.78 is 32.7. The molecule has 0 amide bonds. The van der Waals surface area contributed by atoms with Crippen molar-refractivity contribution in [3.8, 4) is 0 Å². The van der Waals surface area contributed by atoms with Crippen molar-refractivity contribution in [2.45, 2.75) is 44.5 Å². The van der Waals surface area contributed by atoms with Crippen LogP contribution in [0, 0.1) is 6.92 Å². The number of halogens is 1. The average molecular weight is 334 g/mol. The molecule has 1 fully saturated rings. The Morgan fingerprint density at radius 3 is 2.43 bits per heavy atom. The molecule has 2 atom stereocenters. The summed E-state index contributed by atoms with van der Waals surface area (Å²) in [4.78, 5) is 0.153. The Labute approximate surface area is 130 Å². The van der Waals surface area contributed by atoms with E-state index in [1.165, 1.54) is 10.4 Å². The quantitative estimate of drug-likeness (QED) is 0.918. The molecule has 2 unspecified atom stereocenters. The van der Waals surface area contributed by atoms with E-state index in [-0.39, 0.29) is 23.7 Å². The van der Waals surface area contributed by atoms with Crippen LogP contribution >= 0.6 is 11.6 Å². The third-order valence-electron chi connectivity index (χ3n) is 3.61. The van der Waals surface area contributed by atoms with Gasteiger partial charge in [-0.3, -0.25) is 0 Å². The first-order valence-electron chi connectivity index (χ1n) is 6.81. The first kappa shape index (κ1) is 16.7. The largest absolute Gasteiger partial charge is 0.392 e. The Morgan fingerprint density at radius 1 is 1.33 bits per heavy atom. The number of aliphatic hydroxyl groups is 1. The highest BCUT2D eigenvalue weighted by atomic mass is 35.5. The van der Waals surface area contributed by atoms with Crippen LogP contribution in [0.25, 0.3) is 0 Å². The Balaban J connectivity index is 2.47. The molecular weight excluding hydrogens is 314 g/mol. The second kappa shape index (κ2) is 6.22. The zero-order valence-corrected chi connectivity index (χ0v) is 13.9. The van der Waals surface area contributed by atoms with Crippen molar-refractivity contribution in [1.29, 1.82) is 0 Å². The second-order valence-corrected chi connectivity index (χ2v) is 7.77. The summed E-state index contributed by atoms with van der Waals surface area (Å²) in [7, 11) is -3.66. The molecule has 7 heteroatoms. The number of hydrogen-bond acceptors (Lipinski definition) is 4. The van der Waals surface area contributed by atoms with E-state index in [1.807, 2.05) is 13.8 Å². The van der Waals surface area contributed by atoms with Crippen LogP contribution in [0.2, 0.25) is 5.02 Å². The fourth-order valence-electron chi connectivity index (χ4n) is 2.61. The summed E-state index contributed by atoms with van der Waals surface area (Å²) >= 11 is 5.98. The molecule has 2 rings (SSSR count). The molecule has 0 aromatic heterocycles. The maximum absolute atomic E-state index is 12.8. The third kappa shape index (κ3) is 3.40. The standard InChI is InChI=1S/C14H20ClNO4S/c1-9-6-16(7-10(2)20-9)21(18,19)14-5-13(15)4-12(8-17)11(14)3/h4-5,9-10,17H,6-8H2,1-3H3. The van der Waals surface area contributed by atoms with Gasteiger partial charge in [0.2, 0.25) is 10.0 Å². The maximum atomic E-state index is 12.8. The van der Waals surface area contributed by atoms with Crippen LogP contribution in [-0.2, 0) is 21.4 Å². The second-order valence-electron chi connectivity index (χ2n) is 5.43. The van der Waals surface area contributed by atoms with Crippen LogP contribution in [0.5, 0.6) is 0 Å². The number of nitrogens with zero attached hydrogens (tertiary/aromatic N) is 1. The van der Waals surface area contributed by atoms with Crippen LogP contribution in [0.4, 0.5) is 0 Å². The molecule has 1 aromatic rings. The Hall–Kier alpha value is -0.660. The van der Waals surface area contributed by atoms with Gasteiger partial charge in [-0.1, -0.05) is 11.6 Å². The number of rotatable bonds is 3. The monoisotopic (exact) mass is 333 g/mol. The number of aliphatic hydroxyl groups excluding tert-OH is 1. The minimum Gasteiger partial charge on any atom is -0.392 e. The van der Waals surface area contributed by atoms with E-state index in [9.17, 15) is 13.5 Å². The molecule has 1 aliphatic rings. The molecule has 0 radical (unpaired) electrons. The van der Waals surface area contributed by atoms with E-state index in [0.717, 1.165) is 0 Å². The zero-order chi connectivity index (χ0) is 15.8. The smallest absolute Gasteiger partial charge is 0.243 e. The molecule has 0 bridgehead atoms. The number of sulfonamides is 1. The van der Waals surface area contributed by atoms with Gasteiger partial charge in [-0.15, -0.1) is 0 Å². The fraction of sp³-hybridized carbons (Fsp3) is 0.571. The SMILES string of the molecule is Cc1c(CO)cc(Cl)cc1S(=O)(=O)N1CC(C)OC(C)C1. The van der Waals surface area contributed by atoms with Crippen molar-refractivity contribution in [3.05, 3.63) is 28.3 Å². The van der Waals surface area contributed by atoms with Gasteiger partial charge in [0.1, 0.15) is 0 Å². The lowest BCUT2D eigenvalue weighted by molar-refractivity contribution is -0.0441. The molecule has 0 aliphatic carbocycles. The summed E-state index contributed by atoms with van der Waals surface area (Å²) in [5.74, 6) is 0. The lowest BCUT2D eigenvalue weighted by Gasteiger charge is -2.34. The highest BCUT2D eigenvalue weighted by molar-refractivity contribution is 7.89. The highest BCUT2D eigenvalue weighted by Gasteiger charge is 2.33. The van der Waals surface area contributed by atoms with Gasteiger partial charge in [0.15, 0.2) is 0 Å². The first-order valence-corrected chi connectivity index (χ1v) is 8.63. The average Bonchev–Trinajstić information content (AvgIpc) is 2.39. The van der Waals surface area contributed by atoms with Crippen molar-refractivity contribution in [3.63, 3.8) is 0 Å². The lowest BCUT2D eigenvalue weighted by Crippen LogP contribution is -2.48. The Kier molecular flexibility index (Phi) is 4.95. The minimum atomic E-state index is -3.66. The van der Waals surface area contributed by atoms with E-state index in [0.29, 0.717) is 29.2 Å². The van der Waals surface area contributed by atoms with Crippen molar-refractivity contribution in [2.24, 2.45) is 0 Å². The summed E-state index contributed by atoms with van der Waals surface area (Å²) in [5.41, 5.74) is 1.06. The van der Waals surface area contributed by atoms with E-state index in [4.69, 9.17) is 16.3 Å². The molecule has 1 heterocycles. The zero-order valence-electron chi connectivity index (χ0n) is 12.3. The Bertz CT molecular complexity index is 622. The van der Waals surface area contributed by atoms with Crippen molar-refractivity contribution in [2.75, 3.05) is 13.1 Å². The van der Waals surface area contributed by atoms with Gasteiger partial charge >= 0.3 is 0 Å². The van der Waals surface area contributed by atoms with Crippen LogP contribution in [0.15, 0.2) is 17.0 Å². The highest BCUT2D eigenvalue weighted by Crippen LogP contribution is 2.28. The van der Waals surface area contributed by atoms with Gasteiger partial charge in [-0.2, -0.15) is 4.31 Å². The van der Waals surface area contributed by atoms with Crippen molar-refractivity contribution >= 4 is 21.6 Å². The van der Waals surface area contributed by atoms with E-state index >= 15 is 0 Å². The molecule has 0 spiro atoms. The molecule has 118 valence electrons.